The van der Waals surface area contributed by atoms with Gasteiger partial charge in [-0.25, -0.2) is 9.07 Å². The number of likely N-dealkylation sites (tertiary alicyclic amines) is 1. The lowest BCUT2D eigenvalue weighted by molar-refractivity contribution is -0.132. The van der Waals surface area contributed by atoms with E-state index in [0.717, 1.165) is 18.5 Å². The SMILES string of the molecule is C\C=C/C=C/C=C/n1cc([C@@H]2CCCN2C(=O)C[C@H](N)Cc2ccccc2F)nn1.O=CO. The summed E-state index contributed by atoms with van der Waals surface area (Å²) in [6.07, 6.45) is 15.5. The third kappa shape index (κ3) is 8.12. The highest BCUT2D eigenvalue weighted by Gasteiger charge is 2.32. The predicted molar refractivity (Wildman–Crippen MR) is 124 cm³/mol. The third-order valence-corrected chi connectivity index (χ3v) is 5.08. The van der Waals surface area contributed by atoms with Gasteiger partial charge in [0.2, 0.25) is 5.91 Å². The van der Waals surface area contributed by atoms with Crippen LogP contribution in [0.15, 0.2) is 60.8 Å². The number of carboxylic acid groups (broad SMARTS) is 1. The molecule has 1 aliphatic rings. The van der Waals surface area contributed by atoms with E-state index in [1.807, 2.05) is 54.6 Å². The van der Waals surface area contributed by atoms with E-state index in [1.165, 1.54) is 6.07 Å². The summed E-state index contributed by atoms with van der Waals surface area (Å²) in [4.78, 5) is 23.0. The van der Waals surface area contributed by atoms with Crippen LogP contribution in [0, 0.1) is 5.82 Å². The molecule has 1 saturated heterocycles. The van der Waals surface area contributed by atoms with Crippen LogP contribution in [0.5, 0.6) is 0 Å². The molecule has 3 rings (SSSR count). The van der Waals surface area contributed by atoms with Crippen molar-refractivity contribution in [2.75, 3.05) is 6.54 Å². The highest BCUT2D eigenvalue weighted by Crippen LogP contribution is 2.31. The molecule has 33 heavy (non-hydrogen) atoms. The minimum Gasteiger partial charge on any atom is -0.483 e. The number of carbonyl (C=O) groups is 2. The fourth-order valence-corrected chi connectivity index (χ4v) is 3.63. The smallest absolute Gasteiger partial charge is 0.290 e. The monoisotopic (exact) mass is 455 g/mol. The summed E-state index contributed by atoms with van der Waals surface area (Å²) in [5, 5.41) is 15.3. The number of amides is 1. The van der Waals surface area contributed by atoms with Crippen molar-refractivity contribution in [3.63, 3.8) is 0 Å². The molecule has 176 valence electrons. The number of allylic oxidation sites excluding steroid dienone is 5. The molecule has 0 radical (unpaired) electrons. The van der Waals surface area contributed by atoms with Gasteiger partial charge in [0, 0.05) is 25.2 Å². The summed E-state index contributed by atoms with van der Waals surface area (Å²) in [7, 11) is 0. The largest absolute Gasteiger partial charge is 0.483 e. The molecule has 2 aromatic rings. The van der Waals surface area contributed by atoms with Crippen LogP contribution in [0.1, 0.15) is 43.5 Å². The molecule has 1 amide bonds. The molecule has 1 aromatic heterocycles. The lowest BCUT2D eigenvalue weighted by Gasteiger charge is -2.24. The molecule has 0 spiro atoms. The fourth-order valence-electron chi connectivity index (χ4n) is 3.63. The number of hydrogen-bond acceptors (Lipinski definition) is 5. The standard InChI is InChI=1S/C23H28FN5O.CH2O2/c1-2-3-4-5-8-13-28-17-21(26-27-28)22-12-9-14-29(22)23(30)16-19(25)15-18-10-6-7-11-20(18)24;2-1-3/h2-8,10-11,13,17,19,22H,9,12,14-16,25H2,1H3;1H,(H,2,3)/b3-2-,5-4+,13-8+;/t19-,22+;/m1./s1. The van der Waals surface area contributed by atoms with Crippen LogP contribution in [0.25, 0.3) is 6.20 Å². The van der Waals surface area contributed by atoms with Crippen molar-refractivity contribution in [3.05, 3.63) is 77.9 Å². The van der Waals surface area contributed by atoms with Crippen LogP contribution in [-0.4, -0.2) is 50.0 Å². The first-order valence-corrected chi connectivity index (χ1v) is 10.7. The lowest BCUT2D eigenvalue weighted by Crippen LogP contribution is -2.36. The molecule has 2 heterocycles. The van der Waals surface area contributed by atoms with E-state index in [1.54, 1.807) is 22.9 Å². The topological polar surface area (TPSA) is 114 Å². The Kier molecular flexibility index (Phi) is 10.7. The maximum Gasteiger partial charge on any atom is 0.290 e. The number of nitrogens with two attached hydrogens (primary N) is 1. The normalized spacial score (nSPS) is 16.9. The summed E-state index contributed by atoms with van der Waals surface area (Å²) >= 11 is 0. The van der Waals surface area contributed by atoms with Gasteiger partial charge in [-0.15, -0.1) is 5.10 Å². The van der Waals surface area contributed by atoms with E-state index in [0.29, 0.717) is 18.5 Å². The number of carbonyl (C=O) groups excluding carboxylic acids is 1. The Morgan fingerprint density at radius 3 is 2.76 bits per heavy atom. The van der Waals surface area contributed by atoms with Gasteiger partial charge in [0.05, 0.1) is 12.2 Å². The quantitative estimate of drug-likeness (QED) is 0.466. The van der Waals surface area contributed by atoms with Crippen molar-refractivity contribution >= 4 is 18.6 Å². The van der Waals surface area contributed by atoms with Crippen LogP contribution in [-0.2, 0) is 16.0 Å². The van der Waals surface area contributed by atoms with Crippen molar-refractivity contribution in [1.82, 2.24) is 19.9 Å². The predicted octanol–water partition coefficient (Wildman–Crippen LogP) is 3.34. The molecule has 0 saturated carbocycles. The van der Waals surface area contributed by atoms with Crippen LogP contribution in [0.3, 0.4) is 0 Å². The molecule has 1 fully saturated rings. The van der Waals surface area contributed by atoms with E-state index in [4.69, 9.17) is 15.6 Å². The Morgan fingerprint density at radius 1 is 1.30 bits per heavy atom. The first kappa shape index (κ1) is 25.7. The van der Waals surface area contributed by atoms with Gasteiger partial charge in [-0.2, -0.15) is 0 Å². The van der Waals surface area contributed by atoms with E-state index in [-0.39, 0.29) is 30.7 Å². The van der Waals surface area contributed by atoms with Crippen molar-refractivity contribution < 1.29 is 19.1 Å². The first-order chi connectivity index (χ1) is 16.0. The Balaban J connectivity index is 0.00000122. The Morgan fingerprint density at radius 2 is 2.03 bits per heavy atom. The molecule has 0 unspecified atom stereocenters. The van der Waals surface area contributed by atoms with Crippen molar-refractivity contribution in [2.45, 2.75) is 44.7 Å². The van der Waals surface area contributed by atoms with E-state index in [9.17, 15) is 9.18 Å². The molecule has 9 heteroatoms. The second-order valence-corrected chi connectivity index (χ2v) is 7.49. The highest BCUT2D eigenvalue weighted by molar-refractivity contribution is 5.77. The van der Waals surface area contributed by atoms with Crippen LogP contribution < -0.4 is 5.73 Å². The van der Waals surface area contributed by atoms with Gasteiger partial charge in [0.1, 0.15) is 11.5 Å². The third-order valence-electron chi connectivity index (χ3n) is 5.08. The van der Waals surface area contributed by atoms with Crippen molar-refractivity contribution in [2.24, 2.45) is 5.73 Å². The van der Waals surface area contributed by atoms with Gasteiger partial charge in [-0.1, -0.05) is 47.7 Å². The Labute approximate surface area is 192 Å². The number of nitrogens with zero attached hydrogens (tertiary/aromatic N) is 4. The molecular weight excluding hydrogens is 425 g/mol. The Bertz CT molecular complexity index is 986. The lowest BCUT2D eigenvalue weighted by atomic mass is 10.0. The molecule has 0 bridgehead atoms. The second kappa shape index (κ2) is 13.7. The molecule has 1 aromatic carbocycles. The molecule has 2 atom stereocenters. The average Bonchev–Trinajstić information content (AvgIpc) is 3.45. The minimum atomic E-state index is -0.432. The molecular formula is C24H30FN5O3. The number of halogens is 1. The van der Waals surface area contributed by atoms with Crippen LogP contribution in [0.4, 0.5) is 4.39 Å². The van der Waals surface area contributed by atoms with Crippen molar-refractivity contribution in [1.29, 1.82) is 0 Å². The number of benzene rings is 1. The fraction of sp³-hybridized carbons (Fsp3) is 0.333. The zero-order chi connectivity index (χ0) is 24.1. The summed E-state index contributed by atoms with van der Waals surface area (Å²) in [5.41, 5.74) is 7.46. The Hall–Kier alpha value is -3.59. The number of aromatic nitrogens is 3. The molecule has 3 N–H and O–H groups in total. The van der Waals surface area contributed by atoms with Gasteiger partial charge >= 0.3 is 0 Å². The maximum absolute atomic E-state index is 13.8. The summed E-state index contributed by atoms with van der Waals surface area (Å²) in [6.45, 7) is 2.38. The van der Waals surface area contributed by atoms with E-state index >= 15 is 0 Å². The van der Waals surface area contributed by atoms with Gasteiger partial charge in [0.15, 0.2) is 0 Å². The zero-order valence-electron chi connectivity index (χ0n) is 18.6. The summed E-state index contributed by atoms with van der Waals surface area (Å²) in [6, 6.07) is 6.01. The van der Waals surface area contributed by atoms with Gasteiger partial charge in [-0.3, -0.25) is 9.59 Å². The van der Waals surface area contributed by atoms with Gasteiger partial charge in [-0.05, 0) is 43.9 Å². The zero-order valence-corrected chi connectivity index (χ0v) is 18.6. The average molecular weight is 456 g/mol. The van der Waals surface area contributed by atoms with E-state index < -0.39 is 6.04 Å². The summed E-state index contributed by atoms with van der Waals surface area (Å²) < 4.78 is 15.5. The van der Waals surface area contributed by atoms with Gasteiger partial charge in [0.25, 0.3) is 6.47 Å². The van der Waals surface area contributed by atoms with Crippen LogP contribution in [0.2, 0.25) is 0 Å². The summed E-state index contributed by atoms with van der Waals surface area (Å²) in [5.74, 6) is -0.314. The molecule has 1 aliphatic heterocycles. The number of hydrogen-bond donors (Lipinski definition) is 2. The maximum atomic E-state index is 13.8. The highest BCUT2D eigenvalue weighted by atomic mass is 19.1. The second-order valence-electron chi connectivity index (χ2n) is 7.49. The molecule has 8 nitrogen and oxygen atoms in total. The van der Waals surface area contributed by atoms with Crippen LogP contribution >= 0.6 is 0 Å². The minimum absolute atomic E-state index is 0.0271. The molecule has 0 aliphatic carbocycles. The van der Waals surface area contributed by atoms with E-state index in [2.05, 4.69) is 10.3 Å². The first-order valence-electron chi connectivity index (χ1n) is 10.7. The van der Waals surface area contributed by atoms with Gasteiger partial charge < -0.3 is 15.7 Å². The number of rotatable bonds is 8. The van der Waals surface area contributed by atoms with Crippen molar-refractivity contribution in [3.8, 4) is 0 Å².